The summed E-state index contributed by atoms with van der Waals surface area (Å²) < 4.78 is 18.8. The monoisotopic (exact) mass is 280 g/mol. The summed E-state index contributed by atoms with van der Waals surface area (Å²) >= 11 is 5.99. The van der Waals surface area contributed by atoms with Crippen molar-refractivity contribution in [2.45, 2.75) is 0 Å². The Balaban J connectivity index is 2.50. The molecule has 2 rings (SSSR count). The molecule has 0 saturated carbocycles. The fourth-order valence-electron chi connectivity index (χ4n) is 1.71. The van der Waals surface area contributed by atoms with Gasteiger partial charge in [0.25, 0.3) is 0 Å². The Labute approximate surface area is 114 Å². The molecule has 5 heteroatoms. The fourth-order valence-corrected chi connectivity index (χ4v) is 1.99. The lowest BCUT2D eigenvalue weighted by Gasteiger charge is -2.08. The van der Waals surface area contributed by atoms with Crippen LogP contribution in [0.5, 0.6) is 5.75 Å². The van der Waals surface area contributed by atoms with Gasteiger partial charge in [-0.15, -0.1) is 0 Å². The van der Waals surface area contributed by atoms with E-state index in [1.54, 1.807) is 6.07 Å². The molecule has 2 aromatic rings. The van der Waals surface area contributed by atoms with Gasteiger partial charge in [-0.3, -0.25) is 0 Å². The molecule has 2 aromatic carbocycles. The van der Waals surface area contributed by atoms with Gasteiger partial charge in [0.05, 0.1) is 12.7 Å². The van der Waals surface area contributed by atoms with E-state index in [2.05, 4.69) is 0 Å². The van der Waals surface area contributed by atoms with Gasteiger partial charge in [-0.2, -0.15) is 0 Å². The molecule has 0 aromatic heterocycles. The maximum Gasteiger partial charge on any atom is 0.335 e. The number of carboxylic acids is 1. The highest BCUT2D eigenvalue weighted by Crippen LogP contribution is 2.32. The first-order chi connectivity index (χ1) is 9.02. The second kappa shape index (κ2) is 5.28. The zero-order valence-electron chi connectivity index (χ0n) is 9.98. The van der Waals surface area contributed by atoms with Gasteiger partial charge in [0.2, 0.25) is 0 Å². The molecule has 0 fully saturated rings. The predicted octanol–water partition coefficient (Wildman–Crippen LogP) is 3.85. The van der Waals surface area contributed by atoms with Crippen LogP contribution >= 0.6 is 11.6 Å². The third-order valence-corrected chi connectivity index (χ3v) is 3.00. The van der Waals surface area contributed by atoms with Crippen molar-refractivity contribution >= 4 is 17.6 Å². The molecule has 0 amide bonds. The van der Waals surface area contributed by atoms with E-state index in [4.69, 9.17) is 21.4 Å². The van der Waals surface area contributed by atoms with E-state index in [9.17, 15) is 9.18 Å². The minimum atomic E-state index is -1.08. The van der Waals surface area contributed by atoms with Crippen molar-refractivity contribution < 1.29 is 19.0 Å². The third-order valence-electron chi connectivity index (χ3n) is 2.68. The molecule has 0 heterocycles. The molecule has 98 valence electrons. The van der Waals surface area contributed by atoms with Crippen molar-refractivity contribution in [1.29, 1.82) is 0 Å². The zero-order valence-corrected chi connectivity index (χ0v) is 10.7. The maximum atomic E-state index is 13.9. The van der Waals surface area contributed by atoms with Crippen molar-refractivity contribution in [2.75, 3.05) is 7.11 Å². The Morgan fingerprint density at radius 3 is 2.42 bits per heavy atom. The summed E-state index contributed by atoms with van der Waals surface area (Å²) in [5.74, 6) is -1.16. The number of rotatable bonds is 3. The highest BCUT2D eigenvalue weighted by molar-refractivity contribution is 6.33. The number of methoxy groups -OCH3 is 1. The van der Waals surface area contributed by atoms with Gasteiger partial charge in [-0.05, 0) is 24.3 Å². The van der Waals surface area contributed by atoms with Gasteiger partial charge in [0, 0.05) is 22.2 Å². The van der Waals surface area contributed by atoms with Crippen LogP contribution in [0.4, 0.5) is 4.39 Å². The highest BCUT2D eigenvalue weighted by atomic mass is 35.5. The molecule has 0 radical (unpaired) electrons. The Bertz CT molecular complexity index is 641. The number of benzene rings is 2. The van der Waals surface area contributed by atoms with Gasteiger partial charge in [-0.1, -0.05) is 17.7 Å². The molecule has 0 aliphatic heterocycles. The maximum absolute atomic E-state index is 13.9. The highest BCUT2D eigenvalue weighted by Gasteiger charge is 2.12. The fraction of sp³-hybridized carbons (Fsp3) is 0.0714. The number of hydrogen-bond acceptors (Lipinski definition) is 2. The number of aromatic carboxylic acids is 1. The Morgan fingerprint density at radius 2 is 1.89 bits per heavy atom. The van der Waals surface area contributed by atoms with Crippen LogP contribution in [0.1, 0.15) is 10.4 Å². The summed E-state index contributed by atoms with van der Waals surface area (Å²) in [5, 5.41) is 9.03. The predicted molar refractivity (Wildman–Crippen MR) is 70.4 cm³/mol. The van der Waals surface area contributed by atoms with E-state index in [0.29, 0.717) is 16.9 Å². The van der Waals surface area contributed by atoms with E-state index in [0.717, 1.165) is 0 Å². The summed E-state index contributed by atoms with van der Waals surface area (Å²) in [6.45, 7) is 0. The normalized spacial score (nSPS) is 10.3. The molecule has 19 heavy (non-hydrogen) atoms. The summed E-state index contributed by atoms with van der Waals surface area (Å²) in [6.07, 6.45) is 0. The summed E-state index contributed by atoms with van der Waals surface area (Å²) in [5.41, 5.74) is 0.789. The minimum Gasteiger partial charge on any atom is -0.497 e. The first-order valence-electron chi connectivity index (χ1n) is 5.39. The summed E-state index contributed by atoms with van der Waals surface area (Å²) in [6, 6.07) is 8.55. The van der Waals surface area contributed by atoms with Crippen LogP contribution in [-0.4, -0.2) is 18.2 Å². The van der Waals surface area contributed by atoms with Gasteiger partial charge in [0.15, 0.2) is 0 Å². The molecule has 1 N–H and O–H groups in total. The quantitative estimate of drug-likeness (QED) is 0.929. The molecule has 0 aliphatic carbocycles. The number of hydrogen-bond donors (Lipinski definition) is 1. The molecular weight excluding hydrogens is 271 g/mol. The average molecular weight is 281 g/mol. The van der Waals surface area contributed by atoms with E-state index in [1.807, 2.05) is 0 Å². The van der Waals surface area contributed by atoms with Gasteiger partial charge >= 0.3 is 5.97 Å². The van der Waals surface area contributed by atoms with E-state index >= 15 is 0 Å². The second-order valence-corrected chi connectivity index (χ2v) is 4.25. The van der Waals surface area contributed by atoms with Crippen molar-refractivity contribution in [3.05, 3.63) is 52.8 Å². The van der Waals surface area contributed by atoms with Gasteiger partial charge < -0.3 is 9.84 Å². The number of halogens is 2. The Hall–Kier alpha value is -2.07. The lowest BCUT2D eigenvalue weighted by Crippen LogP contribution is -1.96. The second-order valence-electron chi connectivity index (χ2n) is 3.85. The Morgan fingerprint density at radius 1 is 1.21 bits per heavy atom. The molecule has 0 aliphatic rings. The molecule has 0 saturated heterocycles. The van der Waals surface area contributed by atoms with Crippen LogP contribution in [0.25, 0.3) is 11.1 Å². The van der Waals surface area contributed by atoms with Crippen LogP contribution in [-0.2, 0) is 0 Å². The number of ether oxygens (including phenoxy) is 1. The molecule has 0 bridgehead atoms. The first-order valence-corrected chi connectivity index (χ1v) is 5.77. The lowest BCUT2D eigenvalue weighted by atomic mass is 10.0. The number of carboxylic acid groups (broad SMARTS) is 1. The van der Waals surface area contributed by atoms with Crippen molar-refractivity contribution in [3.63, 3.8) is 0 Å². The zero-order chi connectivity index (χ0) is 14.0. The topological polar surface area (TPSA) is 46.5 Å². The average Bonchev–Trinajstić information content (AvgIpc) is 2.39. The molecule has 0 spiro atoms. The standard InChI is InChI=1S/C14H10ClFO3/c1-19-9-3-5-11(13(16)7-9)10-4-2-8(14(17)18)6-12(10)15/h2-7H,1H3,(H,17,18). The first kappa shape index (κ1) is 13.4. The van der Waals surface area contributed by atoms with Crippen molar-refractivity contribution in [3.8, 4) is 16.9 Å². The Kier molecular flexibility index (Phi) is 3.71. The minimum absolute atomic E-state index is 0.0580. The molecule has 3 nitrogen and oxygen atoms in total. The lowest BCUT2D eigenvalue weighted by molar-refractivity contribution is 0.0697. The SMILES string of the molecule is COc1ccc(-c2ccc(C(=O)O)cc2Cl)c(F)c1. The van der Waals surface area contributed by atoms with Crippen LogP contribution in [0.15, 0.2) is 36.4 Å². The van der Waals surface area contributed by atoms with E-state index in [-0.39, 0.29) is 10.6 Å². The third kappa shape index (κ3) is 2.69. The largest absolute Gasteiger partial charge is 0.497 e. The summed E-state index contributed by atoms with van der Waals surface area (Å²) in [4.78, 5) is 10.8. The molecular formula is C14H10ClFO3. The van der Waals surface area contributed by atoms with Gasteiger partial charge in [-0.25, -0.2) is 9.18 Å². The van der Waals surface area contributed by atoms with Gasteiger partial charge in [0.1, 0.15) is 11.6 Å². The van der Waals surface area contributed by atoms with Crippen LogP contribution in [0.2, 0.25) is 5.02 Å². The van der Waals surface area contributed by atoms with Crippen molar-refractivity contribution in [1.82, 2.24) is 0 Å². The number of carbonyl (C=O) groups is 1. The van der Waals surface area contributed by atoms with Crippen molar-refractivity contribution in [2.24, 2.45) is 0 Å². The smallest absolute Gasteiger partial charge is 0.335 e. The van der Waals surface area contributed by atoms with Crippen LogP contribution in [0, 0.1) is 5.82 Å². The van der Waals surface area contributed by atoms with Crippen LogP contribution in [0.3, 0.4) is 0 Å². The van der Waals surface area contributed by atoms with E-state index < -0.39 is 11.8 Å². The molecule has 0 unspecified atom stereocenters. The summed E-state index contributed by atoms with van der Waals surface area (Å²) in [7, 11) is 1.45. The van der Waals surface area contributed by atoms with E-state index in [1.165, 1.54) is 37.4 Å². The molecule has 0 atom stereocenters. The van der Waals surface area contributed by atoms with Crippen LogP contribution < -0.4 is 4.74 Å².